The van der Waals surface area contributed by atoms with Crippen LogP contribution in [0.2, 0.25) is 0 Å². The van der Waals surface area contributed by atoms with Gasteiger partial charge in [-0.3, -0.25) is 43.7 Å². The summed E-state index contributed by atoms with van der Waals surface area (Å²) in [7, 11) is -8.04. The van der Waals surface area contributed by atoms with E-state index in [1.54, 1.807) is 75.5 Å². The average molecular weight is 1870 g/mol. The fourth-order valence-corrected chi connectivity index (χ4v) is 19.4. The van der Waals surface area contributed by atoms with Crippen molar-refractivity contribution in [3.63, 3.8) is 0 Å². The van der Waals surface area contributed by atoms with Crippen LogP contribution in [0.25, 0.3) is 0 Å². The molecule has 8 N–H and O–H groups in total. The average Bonchev–Trinajstić information content (AvgIpc) is 1.62. The Labute approximate surface area is 755 Å². The van der Waals surface area contributed by atoms with E-state index in [0.29, 0.717) is 55.7 Å². The van der Waals surface area contributed by atoms with Gasteiger partial charge in [-0.15, -0.1) is 0 Å². The number of nitrogens with two attached hydrogens (primary N) is 2. The topological polar surface area (TPSA) is 455 Å². The van der Waals surface area contributed by atoms with Crippen molar-refractivity contribution in [3.8, 4) is 23.0 Å². The molecular formula is C93H110F6N6O24S2. The zero-order valence-electron chi connectivity index (χ0n) is 73.5. The van der Waals surface area contributed by atoms with E-state index in [9.17, 15) is 97.0 Å². The van der Waals surface area contributed by atoms with Crippen LogP contribution in [-0.2, 0) is 77.9 Å². The lowest BCUT2D eigenvalue weighted by Gasteiger charge is -2.50. The molecule has 0 aliphatic heterocycles. The number of rotatable bonds is 25. The van der Waals surface area contributed by atoms with Crippen LogP contribution in [0.5, 0.6) is 23.0 Å². The SMILES string of the molecule is CC(C)C[C@H](NC(=O)C(F)(F)F)C(=O)Oc1ccc2c(c1)CCC1C2CC[C@@]2(C)C1CC[C@@H]2OC(=O)[C@@H](CC(C)C)NC(=O)C(F)(F)F.C[C@]12CCC3c4ccc(OC(=O)Oc5ccc([N+](=O)[O-])cc5)cc4CCC3C1CC[C@@H]2OC(=O)Oc1ccc([N+](=O)[O-])cc1.Cc1ccc(S(=O)(=O)O)cc1.Cc1ccc(S(=O)(=O)O)cc1.NCCCC[C@H](N)C(=O)OCc1ccccc1. The van der Waals surface area contributed by atoms with Crippen molar-refractivity contribution in [2.75, 3.05) is 6.54 Å². The van der Waals surface area contributed by atoms with Gasteiger partial charge < -0.3 is 55.3 Å². The molecular weight excluding hydrogens is 1760 g/mol. The van der Waals surface area contributed by atoms with Crippen molar-refractivity contribution in [3.05, 3.63) is 223 Å². The number of hydrogen-bond donors (Lipinski definition) is 6. The van der Waals surface area contributed by atoms with Crippen molar-refractivity contribution in [1.29, 1.82) is 0 Å². The lowest BCUT2D eigenvalue weighted by molar-refractivity contribution is -0.385. The third-order valence-corrected chi connectivity index (χ3v) is 26.6. The van der Waals surface area contributed by atoms with Gasteiger partial charge in [-0.25, -0.2) is 19.2 Å². The molecule has 6 aliphatic rings. The number of non-ortho nitro benzene ring substituents is 2. The fraction of sp³-hybridized carbons (Fsp3) is 0.473. The number of unbranched alkanes of at least 4 members (excludes halogenated alkanes) is 1. The number of halogens is 6. The molecule has 2 amide bonds. The molecule has 7 aromatic carbocycles. The number of nitrogens with zero attached hydrogens (tertiary/aromatic N) is 2. The largest absolute Gasteiger partial charge is 0.519 e. The lowest BCUT2D eigenvalue weighted by atomic mass is 9.55. The first-order chi connectivity index (χ1) is 61.5. The number of aryl methyl sites for hydroxylation is 4. The van der Waals surface area contributed by atoms with E-state index in [2.05, 4.69) is 13.8 Å². The Kier molecular flexibility index (Phi) is 35.6. The van der Waals surface area contributed by atoms with E-state index in [0.717, 1.165) is 104 Å². The first-order valence-electron chi connectivity index (χ1n) is 43.0. The van der Waals surface area contributed by atoms with Crippen LogP contribution >= 0.6 is 0 Å². The molecule has 13 atom stereocenters. The van der Waals surface area contributed by atoms with Gasteiger partial charge >= 0.3 is 54.4 Å². The highest BCUT2D eigenvalue weighted by molar-refractivity contribution is 7.86. The molecule has 131 heavy (non-hydrogen) atoms. The Bertz CT molecular complexity index is 5310. The van der Waals surface area contributed by atoms with Gasteiger partial charge in [-0.1, -0.05) is 126 Å². The number of nitro groups is 2. The maximum absolute atomic E-state index is 13.1. The number of carbonyl (C=O) groups excluding carboxylic acids is 7. The highest BCUT2D eigenvalue weighted by atomic mass is 32.2. The first-order valence-corrected chi connectivity index (χ1v) is 45.9. The fourth-order valence-electron chi connectivity index (χ4n) is 18.4. The predicted molar refractivity (Wildman–Crippen MR) is 465 cm³/mol. The van der Waals surface area contributed by atoms with Crippen LogP contribution in [-0.4, -0.2) is 127 Å². The molecule has 710 valence electrons. The van der Waals surface area contributed by atoms with Crippen molar-refractivity contribution >= 4 is 73.6 Å². The summed E-state index contributed by atoms with van der Waals surface area (Å²) in [5.74, 6) is -4.29. The van der Waals surface area contributed by atoms with Gasteiger partial charge in [0, 0.05) is 35.1 Å². The van der Waals surface area contributed by atoms with Crippen molar-refractivity contribution < 1.29 is 129 Å². The molecule has 38 heteroatoms. The number of esters is 3. The van der Waals surface area contributed by atoms with Gasteiger partial charge in [-0.2, -0.15) is 43.2 Å². The maximum atomic E-state index is 13.1. The molecule has 0 aromatic heterocycles. The quantitative estimate of drug-likeness (QED) is 0.00356. The first kappa shape index (κ1) is 103. The molecule has 6 unspecified atom stereocenters. The number of nitrogens with one attached hydrogen (secondary N) is 2. The van der Waals surface area contributed by atoms with Crippen LogP contribution in [0.3, 0.4) is 0 Å². The van der Waals surface area contributed by atoms with Crippen LogP contribution in [0, 0.1) is 80.4 Å². The van der Waals surface area contributed by atoms with Crippen LogP contribution < -0.4 is 41.0 Å². The van der Waals surface area contributed by atoms with E-state index >= 15 is 0 Å². The van der Waals surface area contributed by atoms with Gasteiger partial charge in [0.25, 0.3) is 31.6 Å². The minimum Gasteiger partial charge on any atom is -0.460 e. The molecule has 0 radical (unpaired) electrons. The lowest BCUT2D eigenvalue weighted by Crippen LogP contribution is -2.50. The monoisotopic (exact) mass is 1870 g/mol. The van der Waals surface area contributed by atoms with Gasteiger partial charge in [0.05, 0.1) is 19.6 Å². The Morgan fingerprint density at radius 2 is 0.901 bits per heavy atom. The summed E-state index contributed by atoms with van der Waals surface area (Å²) in [6.07, 6.45) is -0.893. The van der Waals surface area contributed by atoms with Crippen molar-refractivity contribution in [2.45, 2.75) is 235 Å². The maximum Gasteiger partial charge on any atom is 0.519 e. The second-order valence-electron chi connectivity index (χ2n) is 34.9. The number of amides is 2. The molecule has 6 aliphatic carbocycles. The number of hydrogen-bond acceptors (Lipinski definition) is 24. The van der Waals surface area contributed by atoms with Gasteiger partial charge in [0.15, 0.2) is 0 Å². The molecule has 0 spiro atoms. The van der Waals surface area contributed by atoms with E-state index in [4.69, 9.17) is 53.7 Å². The zero-order valence-corrected chi connectivity index (χ0v) is 75.2. The predicted octanol–water partition coefficient (Wildman–Crippen LogP) is 17.7. The minimum absolute atomic E-state index is 0.00682. The van der Waals surface area contributed by atoms with Gasteiger partial charge in [0.2, 0.25) is 0 Å². The molecule has 7 aromatic rings. The highest BCUT2D eigenvalue weighted by Gasteiger charge is 2.59. The van der Waals surface area contributed by atoms with Crippen LogP contribution in [0.4, 0.5) is 47.3 Å². The number of nitro benzene ring substituents is 2. The Morgan fingerprint density at radius 3 is 1.31 bits per heavy atom. The van der Waals surface area contributed by atoms with Crippen molar-refractivity contribution in [2.24, 2.45) is 57.8 Å². The molecule has 0 bridgehead atoms. The summed E-state index contributed by atoms with van der Waals surface area (Å²) in [4.78, 5) is 106. The Balaban J connectivity index is 0.000000210. The highest BCUT2D eigenvalue weighted by Crippen LogP contribution is 2.63. The van der Waals surface area contributed by atoms with E-state index in [1.807, 2.05) is 67.7 Å². The van der Waals surface area contributed by atoms with E-state index in [-0.39, 0.29) is 105 Å². The summed E-state index contributed by atoms with van der Waals surface area (Å²) in [6, 6.07) is 39.5. The molecule has 0 saturated heterocycles. The summed E-state index contributed by atoms with van der Waals surface area (Å²) >= 11 is 0. The molecule has 4 saturated carbocycles. The third kappa shape index (κ3) is 28.8. The summed E-state index contributed by atoms with van der Waals surface area (Å²) in [5.41, 5.74) is 17.6. The smallest absolute Gasteiger partial charge is 0.460 e. The molecule has 0 heterocycles. The third-order valence-electron chi connectivity index (χ3n) is 24.9. The number of carbonyl (C=O) groups is 7. The van der Waals surface area contributed by atoms with E-state index in [1.165, 1.54) is 78.4 Å². The Morgan fingerprint density at radius 1 is 0.504 bits per heavy atom. The Hall–Kier alpha value is -11.5. The zero-order chi connectivity index (χ0) is 96.3. The normalized spacial score (nSPS) is 21.6. The minimum atomic E-state index is -5.14. The van der Waals surface area contributed by atoms with E-state index < -0.39 is 108 Å². The number of ether oxygens (including phenoxy) is 7. The van der Waals surface area contributed by atoms with Crippen LogP contribution in [0.1, 0.15) is 189 Å². The second kappa shape index (κ2) is 45.1. The second-order valence-corrected chi connectivity index (χ2v) is 37.8. The standard InChI is InChI=1S/C34H44F6N2O6.C32H30N2O10.C13H20N2O2.2C7H8O3S/c1-17(2)14-25(41-30(45)33(35,36)37)28(43)47-20-7-9-21-19(16-20)6-8-23-22(21)12-13-32(5)24(23)10-11-27(32)48-29(44)26(15-18(3)4)42-31(46)34(38,39)40;1-32-17-16-26-25-13-11-24(43-30(35)41-22-7-3-20(4-8-22)33(37)38)18-19(25)2-12-27(26)28(32)14-15-29(32)44-31(36)42-23-9-5-21(6-10-23)34(39)40;14-9-5-4-8-12(15)13(16)17-10-11-6-2-1-3-7-11;2*1-6-2-4-7(5-3-6)11(8,9)10/h7,9,16-18,22-27H,6,8,10-15H2,1-5H3,(H,41,45)(H,42,46);3-11,13,18,26-29H,2,12,14-17H2,1H3;1-3,6-7,12H,4-5,8-10,14-15H2;2*2-5H,1H3,(H,8,9,10)/t22?,23?,24?,25-,26+,27-,32-;26?,27?,28?,29-,32-;12-;;/m000../s1. The van der Waals surface area contributed by atoms with Crippen molar-refractivity contribution in [1.82, 2.24) is 10.6 Å². The molecule has 30 nitrogen and oxygen atoms in total. The summed E-state index contributed by atoms with van der Waals surface area (Å²) in [5, 5.41) is 25.2. The van der Waals surface area contributed by atoms with Crippen LogP contribution in [0.15, 0.2) is 174 Å². The number of alkyl halides is 6. The molecule has 4 fully saturated rings. The summed E-state index contributed by atoms with van der Waals surface area (Å²) in [6.45, 7) is 15.8. The van der Waals surface area contributed by atoms with Gasteiger partial charge in [-0.05, 0) is 271 Å². The molecule has 13 rings (SSSR count). The summed E-state index contributed by atoms with van der Waals surface area (Å²) < 4.78 is 175. The number of fused-ring (bicyclic) bond motifs is 10. The number of benzene rings is 7. The van der Waals surface area contributed by atoms with Gasteiger partial charge in [0.1, 0.15) is 59.9 Å².